The van der Waals surface area contributed by atoms with Gasteiger partial charge in [0.2, 0.25) is 5.91 Å². The Labute approximate surface area is 157 Å². The summed E-state index contributed by atoms with van der Waals surface area (Å²) >= 11 is 0. The molecule has 1 aliphatic heterocycles. The molecule has 0 aliphatic carbocycles. The van der Waals surface area contributed by atoms with Crippen molar-refractivity contribution in [1.82, 2.24) is 4.98 Å². The Morgan fingerprint density at radius 2 is 1.85 bits per heavy atom. The van der Waals surface area contributed by atoms with Crippen LogP contribution in [0.1, 0.15) is 39.7 Å². The van der Waals surface area contributed by atoms with Gasteiger partial charge in [0.05, 0.1) is 13.2 Å². The SMILES string of the molecule is C1=CCC=CN=C1.CC.CCN(C(C)=O)c1ccc(C)cn1.OCCO. The van der Waals surface area contributed by atoms with E-state index >= 15 is 0 Å². The van der Waals surface area contributed by atoms with Gasteiger partial charge in [-0.05, 0) is 38.0 Å². The summed E-state index contributed by atoms with van der Waals surface area (Å²) in [5.74, 6) is 0.749. The highest BCUT2D eigenvalue weighted by Crippen LogP contribution is 2.10. The fourth-order valence-corrected chi connectivity index (χ4v) is 1.60. The molecule has 146 valence electrons. The first-order valence-electron chi connectivity index (χ1n) is 8.82. The minimum Gasteiger partial charge on any atom is -0.394 e. The topological polar surface area (TPSA) is 86.0 Å². The molecule has 2 N–H and O–H groups in total. The molecule has 0 saturated heterocycles. The van der Waals surface area contributed by atoms with Crippen LogP contribution < -0.4 is 4.90 Å². The van der Waals surface area contributed by atoms with E-state index in [0.717, 1.165) is 17.8 Å². The predicted molar refractivity (Wildman–Crippen MR) is 110 cm³/mol. The fourth-order valence-electron chi connectivity index (χ4n) is 1.60. The number of rotatable bonds is 3. The molecular formula is C20H33N3O3. The highest BCUT2D eigenvalue weighted by atomic mass is 16.3. The van der Waals surface area contributed by atoms with Gasteiger partial charge in [-0.3, -0.25) is 14.7 Å². The number of carbonyl (C=O) groups is 1. The van der Waals surface area contributed by atoms with Crippen molar-refractivity contribution >= 4 is 17.9 Å². The molecule has 0 unspecified atom stereocenters. The molecule has 0 bridgehead atoms. The van der Waals surface area contributed by atoms with Crippen molar-refractivity contribution in [3.05, 3.63) is 48.3 Å². The van der Waals surface area contributed by atoms with Gasteiger partial charge in [-0.15, -0.1) is 0 Å². The molecule has 6 nitrogen and oxygen atoms in total. The van der Waals surface area contributed by atoms with E-state index in [2.05, 4.69) is 16.1 Å². The number of hydrogen-bond donors (Lipinski definition) is 2. The van der Waals surface area contributed by atoms with E-state index in [0.29, 0.717) is 6.54 Å². The number of aliphatic hydroxyl groups excluding tert-OH is 2. The summed E-state index contributed by atoms with van der Waals surface area (Å²) in [4.78, 5) is 20.8. The molecule has 2 heterocycles. The average molecular weight is 364 g/mol. The highest BCUT2D eigenvalue weighted by molar-refractivity contribution is 5.90. The van der Waals surface area contributed by atoms with Gasteiger partial charge in [0.1, 0.15) is 5.82 Å². The zero-order valence-corrected chi connectivity index (χ0v) is 16.6. The van der Waals surface area contributed by atoms with Crippen molar-refractivity contribution in [2.45, 2.75) is 41.0 Å². The smallest absolute Gasteiger partial charge is 0.225 e. The minimum absolute atomic E-state index is 0.0267. The number of aromatic nitrogens is 1. The van der Waals surface area contributed by atoms with Crippen LogP contribution in [-0.2, 0) is 4.79 Å². The number of carbonyl (C=O) groups excluding carboxylic acids is 1. The number of allylic oxidation sites excluding steroid dienone is 3. The Bertz CT molecular complexity index is 522. The third-order valence-electron chi connectivity index (χ3n) is 2.74. The van der Waals surface area contributed by atoms with Crippen molar-refractivity contribution in [3.63, 3.8) is 0 Å². The van der Waals surface area contributed by atoms with Crippen LogP contribution in [-0.4, -0.2) is 47.1 Å². The summed E-state index contributed by atoms with van der Waals surface area (Å²) < 4.78 is 0. The fraction of sp³-hybridized carbons (Fsp3) is 0.450. The van der Waals surface area contributed by atoms with Gasteiger partial charge in [0, 0.05) is 32.1 Å². The van der Waals surface area contributed by atoms with E-state index in [1.807, 2.05) is 52.0 Å². The van der Waals surface area contributed by atoms with Crippen LogP contribution in [0.3, 0.4) is 0 Å². The van der Waals surface area contributed by atoms with Gasteiger partial charge in [0.25, 0.3) is 0 Å². The molecule has 0 atom stereocenters. The number of hydrogen-bond acceptors (Lipinski definition) is 5. The molecule has 1 amide bonds. The standard InChI is InChI=1S/C10H14N2O.C6H7N.C2H6O2.C2H6/c1-4-12(9(3)13)10-6-5-8(2)7-11-10;1-2-4-6-7-5-3-1;3-1-2-4;1-2/h5-7H,4H2,1-3H3;1,3-6H,2H2;3-4H,1-2H2;1-2H3. The Morgan fingerprint density at radius 1 is 1.19 bits per heavy atom. The Morgan fingerprint density at radius 3 is 2.31 bits per heavy atom. The summed E-state index contributed by atoms with van der Waals surface area (Å²) in [6.07, 6.45) is 12.4. The second-order valence-corrected chi connectivity index (χ2v) is 4.75. The first kappa shape index (κ1) is 25.9. The van der Waals surface area contributed by atoms with E-state index in [1.54, 1.807) is 30.4 Å². The second kappa shape index (κ2) is 19.0. The number of nitrogens with zero attached hydrogens (tertiary/aromatic N) is 3. The molecule has 1 aromatic heterocycles. The lowest BCUT2D eigenvalue weighted by molar-refractivity contribution is -0.116. The van der Waals surface area contributed by atoms with Crippen LogP contribution in [0, 0.1) is 6.92 Å². The van der Waals surface area contributed by atoms with Crippen molar-refractivity contribution in [3.8, 4) is 0 Å². The highest BCUT2D eigenvalue weighted by Gasteiger charge is 2.08. The molecule has 26 heavy (non-hydrogen) atoms. The second-order valence-electron chi connectivity index (χ2n) is 4.75. The van der Waals surface area contributed by atoms with Crippen LogP contribution >= 0.6 is 0 Å². The Kier molecular flexibility index (Phi) is 19.0. The Balaban J connectivity index is 0. The maximum Gasteiger partial charge on any atom is 0.225 e. The summed E-state index contributed by atoms with van der Waals surface area (Å²) in [6.45, 7) is 9.86. The largest absolute Gasteiger partial charge is 0.394 e. The third-order valence-corrected chi connectivity index (χ3v) is 2.74. The number of anilines is 1. The lowest BCUT2D eigenvalue weighted by Crippen LogP contribution is -2.28. The first-order chi connectivity index (χ1) is 12.6. The molecule has 0 aromatic carbocycles. The number of aliphatic hydroxyl groups is 2. The molecule has 6 heteroatoms. The van der Waals surface area contributed by atoms with E-state index in [9.17, 15) is 4.79 Å². The predicted octanol–water partition coefficient (Wildman–Crippen LogP) is 3.29. The molecular weight excluding hydrogens is 330 g/mol. The van der Waals surface area contributed by atoms with Gasteiger partial charge < -0.3 is 10.2 Å². The van der Waals surface area contributed by atoms with E-state index in [4.69, 9.17) is 10.2 Å². The monoisotopic (exact) mass is 363 g/mol. The van der Waals surface area contributed by atoms with Gasteiger partial charge in [-0.25, -0.2) is 4.98 Å². The lowest BCUT2D eigenvalue weighted by Gasteiger charge is -2.17. The molecule has 0 saturated carbocycles. The van der Waals surface area contributed by atoms with Crippen LogP contribution in [0.15, 0.2) is 47.7 Å². The number of pyridine rings is 1. The summed E-state index contributed by atoms with van der Waals surface area (Å²) in [6, 6.07) is 3.81. The average Bonchev–Trinajstić information content (AvgIpc) is 2.99. The van der Waals surface area contributed by atoms with Crippen molar-refractivity contribution < 1.29 is 15.0 Å². The lowest BCUT2D eigenvalue weighted by atomic mass is 10.3. The van der Waals surface area contributed by atoms with Crippen LogP contribution in [0.25, 0.3) is 0 Å². The van der Waals surface area contributed by atoms with Gasteiger partial charge >= 0.3 is 0 Å². The van der Waals surface area contributed by atoms with Crippen LogP contribution in [0.4, 0.5) is 5.82 Å². The summed E-state index contributed by atoms with van der Waals surface area (Å²) in [5.41, 5.74) is 1.10. The van der Waals surface area contributed by atoms with Crippen molar-refractivity contribution in [2.75, 3.05) is 24.7 Å². The Hall–Kier alpha value is -2.31. The number of aliphatic imine (C=N–C) groups is 1. The first-order valence-corrected chi connectivity index (χ1v) is 8.82. The van der Waals surface area contributed by atoms with Gasteiger partial charge in [-0.2, -0.15) is 0 Å². The van der Waals surface area contributed by atoms with Crippen molar-refractivity contribution in [2.24, 2.45) is 4.99 Å². The molecule has 1 aromatic rings. The van der Waals surface area contributed by atoms with E-state index in [1.165, 1.54) is 0 Å². The normalized spacial score (nSPS) is 10.9. The van der Waals surface area contributed by atoms with Crippen molar-refractivity contribution in [1.29, 1.82) is 0 Å². The number of amides is 1. The van der Waals surface area contributed by atoms with Crippen LogP contribution in [0.2, 0.25) is 0 Å². The van der Waals surface area contributed by atoms with E-state index < -0.39 is 0 Å². The molecule has 0 spiro atoms. The quantitative estimate of drug-likeness (QED) is 0.863. The van der Waals surface area contributed by atoms with Gasteiger partial charge in [0.15, 0.2) is 0 Å². The minimum atomic E-state index is -0.125. The summed E-state index contributed by atoms with van der Waals surface area (Å²) in [5, 5.41) is 15.2. The zero-order valence-electron chi connectivity index (χ0n) is 16.6. The maximum atomic E-state index is 11.1. The molecule has 2 rings (SSSR count). The number of aryl methyl sites for hydroxylation is 1. The maximum absolute atomic E-state index is 11.1. The third kappa shape index (κ3) is 14.1. The van der Waals surface area contributed by atoms with Gasteiger partial charge in [-0.1, -0.05) is 32.1 Å². The zero-order chi connectivity index (χ0) is 20.2. The molecule has 0 radical (unpaired) electrons. The van der Waals surface area contributed by atoms with Crippen LogP contribution in [0.5, 0.6) is 0 Å². The summed E-state index contributed by atoms with van der Waals surface area (Å²) in [7, 11) is 0. The molecule has 0 fully saturated rings. The molecule has 1 aliphatic rings. The van der Waals surface area contributed by atoms with E-state index in [-0.39, 0.29) is 19.1 Å².